The summed E-state index contributed by atoms with van der Waals surface area (Å²) < 4.78 is 31.5. The molecule has 0 spiro atoms. The van der Waals surface area contributed by atoms with Gasteiger partial charge in [-0.05, 0) is 17.2 Å². The Morgan fingerprint density at radius 1 is 1.20 bits per heavy atom. The van der Waals surface area contributed by atoms with Crippen molar-refractivity contribution in [3.63, 3.8) is 0 Å². The number of halogens is 1. The fourth-order valence-corrected chi connectivity index (χ4v) is 4.46. The summed E-state index contributed by atoms with van der Waals surface area (Å²) in [6, 6.07) is 16.4. The first-order valence-corrected chi connectivity index (χ1v) is 11.3. The number of rotatable bonds is 4. The molecule has 2 N–H and O–H groups in total. The van der Waals surface area contributed by atoms with Gasteiger partial charge in [-0.15, -0.1) is 0 Å². The van der Waals surface area contributed by atoms with E-state index in [0.717, 1.165) is 11.1 Å². The molecule has 0 radical (unpaired) electrons. The van der Waals surface area contributed by atoms with Gasteiger partial charge in [-0.1, -0.05) is 54.5 Å². The minimum atomic E-state index is -0.782. The van der Waals surface area contributed by atoms with E-state index in [-0.39, 0.29) is 11.7 Å². The summed E-state index contributed by atoms with van der Waals surface area (Å²) in [7, 11) is -0.782. The molecule has 8 heteroatoms. The maximum Gasteiger partial charge on any atom is 0.253 e. The first kappa shape index (κ1) is 20.3. The minimum Gasteiger partial charge on any atom is -0.369 e. The molecule has 2 heterocycles. The summed E-state index contributed by atoms with van der Waals surface area (Å²) in [6.45, 7) is 3.14. The van der Waals surface area contributed by atoms with Crippen LogP contribution in [0.5, 0.6) is 0 Å². The molecule has 0 aliphatic carbocycles. The lowest BCUT2D eigenvalue weighted by molar-refractivity contribution is 0.414. The van der Waals surface area contributed by atoms with Gasteiger partial charge >= 0.3 is 0 Å². The lowest BCUT2D eigenvalue weighted by Crippen LogP contribution is -2.45. The predicted octanol–water partition coefficient (Wildman–Crippen LogP) is 3.64. The molecule has 30 heavy (non-hydrogen) atoms. The molecule has 0 amide bonds. The largest absolute Gasteiger partial charge is 0.369 e. The zero-order chi connectivity index (χ0) is 21.1. The second-order valence-electron chi connectivity index (χ2n) is 7.22. The molecule has 1 fully saturated rings. The topological polar surface area (TPSA) is 84.7 Å². The van der Waals surface area contributed by atoms with Crippen molar-refractivity contribution >= 4 is 22.6 Å². The molecule has 0 saturated carbocycles. The van der Waals surface area contributed by atoms with Crippen LogP contribution >= 0.6 is 0 Å². The Bertz CT molecular complexity index is 1070. The van der Waals surface area contributed by atoms with Crippen molar-refractivity contribution in [3.05, 3.63) is 71.7 Å². The van der Waals surface area contributed by atoms with Crippen molar-refractivity contribution in [2.45, 2.75) is 12.8 Å². The molecule has 1 saturated heterocycles. The van der Waals surface area contributed by atoms with E-state index in [2.05, 4.69) is 10.1 Å². The average molecular weight is 427 g/mol. The van der Waals surface area contributed by atoms with Crippen LogP contribution in [-0.4, -0.2) is 44.8 Å². The normalized spacial score (nSPS) is 16.6. The van der Waals surface area contributed by atoms with Crippen LogP contribution in [0.4, 0.5) is 10.3 Å². The third-order valence-corrected chi connectivity index (χ3v) is 6.54. The third-order valence-electron chi connectivity index (χ3n) is 5.26. The number of nitrogens with zero attached hydrogens (tertiary/aromatic N) is 3. The van der Waals surface area contributed by atoms with E-state index in [4.69, 9.17) is 10.3 Å². The van der Waals surface area contributed by atoms with Crippen LogP contribution < -0.4 is 5.73 Å². The van der Waals surface area contributed by atoms with Gasteiger partial charge in [-0.3, -0.25) is 4.21 Å². The molecule has 1 unspecified atom stereocenters. The van der Waals surface area contributed by atoms with E-state index in [0.29, 0.717) is 47.7 Å². The number of aliphatic imine (C=N–C) groups is 1. The van der Waals surface area contributed by atoms with E-state index < -0.39 is 10.8 Å². The third kappa shape index (κ3) is 4.43. The molecule has 4 rings (SSSR count). The Morgan fingerprint density at radius 2 is 1.93 bits per heavy atom. The summed E-state index contributed by atoms with van der Waals surface area (Å²) in [4.78, 5) is 6.17. The van der Waals surface area contributed by atoms with Crippen molar-refractivity contribution in [3.8, 4) is 11.1 Å². The fourth-order valence-electron chi connectivity index (χ4n) is 3.41. The summed E-state index contributed by atoms with van der Waals surface area (Å²) in [5, 5.41) is 4.09. The van der Waals surface area contributed by atoms with E-state index in [1.807, 2.05) is 48.2 Å². The predicted molar refractivity (Wildman–Crippen MR) is 117 cm³/mol. The molecular weight excluding hydrogens is 403 g/mol. The van der Waals surface area contributed by atoms with Crippen LogP contribution in [-0.2, 0) is 10.8 Å². The SMILES string of the molecule is CC(c1ccc(-c2ccccc2)c(F)c1)c1cc(N=C(N)N2CCS(=O)CC2)on1. The Balaban J connectivity index is 1.50. The Hall–Kier alpha value is -3.00. The van der Waals surface area contributed by atoms with Gasteiger partial charge in [0.05, 0.1) is 5.69 Å². The molecule has 6 nitrogen and oxygen atoms in total. The van der Waals surface area contributed by atoms with Crippen LogP contribution in [0.15, 0.2) is 64.1 Å². The molecule has 1 aromatic heterocycles. The van der Waals surface area contributed by atoms with Gasteiger partial charge in [0.1, 0.15) is 5.82 Å². The van der Waals surface area contributed by atoms with Gasteiger partial charge in [-0.25, -0.2) is 4.39 Å². The second kappa shape index (κ2) is 8.79. The van der Waals surface area contributed by atoms with Crippen molar-refractivity contribution in [1.29, 1.82) is 0 Å². The maximum atomic E-state index is 14.7. The number of guanidine groups is 1. The fraction of sp³-hybridized carbons (Fsp3) is 0.273. The smallest absolute Gasteiger partial charge is 0.253 e. The quantitative estimate of drug-likeness (QED) is 0.509. The van der Waals surface area contributed by atoms with Crippen molar-refractivity contribution in [2.75, 3.05) is 24.6 Å². The molecule has 0 bridgehead atoms. The number of benzene rings is 2. The van der Waals surface area contributed by atoms with Crippen LogP contribution in [0.2, 0.25) is 0 Å². The first-order valence-electron chi connectivity index (χ1n) is 9.77. The number of hydrogen-bond donors (Lipinski definition) is 1. The monoisotopic (exact) mass is 426 g/mol. The molecule has 2 aromatic carbocycles. The minimum absolute atomic E-state index is 0.171. The van der Waals surface area contributed by atoms with Gasteiger partial charge in [0.2, 0.25) is 0 Å². The van der Waals surface area contributed by atoms with Gasteiger partial charge in [-0.2, -0.15) is 4.99 Å². The Labute approximate surface area is 177 Å². The number of aromatic nitrogens is 1. The molecule has 1 aliphatic rings. The van der Waals surface area contributed by atoms with Crippen molar-refractivity contribution in [1.82, 2.24) is 10.1 Å². The van der Waals surface area contributed by atoms with Gasteiger partial charge in [0, 0.05) is 52.9 Å². The molecule has 3 aromatic rings. The lowest BCUT2D eigenvalue weighted by Gasteiger charge is -2.26. The second-order valence-corrected chi connectivity index (χ2v) is 8.92. The number of hydrogen-bond acceptors (Lipinski definition) is 4. The van der Waals surface area contributed by atoms with Gasteiger partial charge in [0.15, 0.2) is 5.96 Å². The lowest BCUT2D eigenvalue weighted by atomic mass is 9.95. The van der Waals surface area contributed by atoms with E-state index in [1.165, 1.54) is 6.07 Å². The van der Waals surface area contributed by atoms with Crippen LogP contribution in [0.3, 0.4) is 0 Å². The molecule has 1 aliphatic heterocycles. The number of nitrogens with two attached hydrogens (primary N) is 1. The van der Waals surface area contributed by atoms with Crippen LogP contribution in [0, 0.1) is 5.82 Å². The van der Waals surface area contributed by atoms with E-state index in [9.17, 15) is 8.60 Å². The summed E-state index contributed by atoms with van der Waals surface area (Å²) >= 11 is 0. The van der Waals surface area contributed by atoms with E-state index in [1.54, 1.807) is 12.1 Å². The van der Waals surface area contributed by atoms with Crippen LogP contribution in [0.1, 0.15) is 24.1 Å². The molecule has 1 atom stereocenters. The van der Waals surface area contributed by atoms with Crippen molar-refractivity contribution < 1.29 is 13.1 Å². The zero-order valence-electron chi connectivity index (χ0n) is 16.6. The highest BCUT2D eigenvalue weighted by Crippen LogP contribution is 2.30. The Kier molecular flexibility index (Phi) is 5.94. The highest BCUT2D eigenvalue weighted by molar-refractivity contribution is 7.85. The van der Waals surface area contributed by atoms with Gasteiger partial charge < -0.3 is 15.2 Å². The average Bonchev–Trinajstić information content (AvgIpc) is 3.22. The summed E-state index contributed by atoms with van der Waals surface area (Å²) in [5.41, 5.74) is 8.89. The summed E-state index contributed by atoms with van der Waals surface area (Å²) in [5.74, 6) is 1.33. The standard InChI is InChI=1S/C22H23FN4O2S/c1-15(17-7-8-18(19(23)13-17)16-5-3-2-4-6-16)20-14-21(29-26-20)25-22(24)27-9-11-30(28)12-10-27/h2-8,13-15H,9-12H2,1H3,(H2,24,25). The van der Waals surface area contributed by atoms with Crippen molar-refractivity contribution in [2.24, 2.45) is 10.7 Å². The summed E-state index contributed by atoms with van der Waals surface area (Å²) in [6.07, 6.45) is 0. The highest BCUT2D eigenvalue weighted by atomic mass is 32.2. The van der Waals surface area contributed by atoms with Gasteiger partial charge in [0.25, 0.3) is 5.88 Å². The maximum absolute atomic E-state index is 14.7. The Morgan fingerprint density at radius 3 is 2.63 bits per heavy atom. The zero-order valence-corrected chi connectivity index (χ0v) is 17.4. The molecular formula is C22H23FN4O2S. The first-order chi connectivity index (χ1) is 14.5. The highest BCUT2D eigenvalue weighted by Gasteiger charge is 2.19. The van der Waals surface area contributed by atoms with E-state index >= 15 is 0 Å². The molecule has 156 valence electrons. The van der Waals surface area contributed by atoms with Crippen LogP contribution in [0.25, 0.3) is 11.1 Å².